The largest absolute Gasteiger partial charge is 0.504 e. The standard InChI is InChI=1S/C30H28O18/c1-44-18-7-12(5-16(33)23(18)36)26(38)46-20-9-30(43,29(41)42)10-21(47-27(39)13-6-17(34)24(37)19(8-13)45-2)25(20)48-28(40)11-3-14(31)22(35)15(32)4-11/h3-8,20-21,25,31-37,43H,9-10H2,1-2H3,(H,41,42)/t20-,21-,25?,30?/m1/s1. The van der Waals surface area contributed by atoms with Crippen LogP contribution in [0.1, 0.15) is 43.9 Å². The minimum absolute atomic E-state index is 0.373. The molecule has 0 bridgehead atoms. The molecule has 1 saturated carbocycles. The third kappa shape index (κ3) is 6.77. The van der Waals surface area contributed by atoms with Crippen LogP contribution in [0.25, 0.3) is 0 Å². The molecule has 0 saturated heterocycles. The minimum Gasteiger partial charge on any atom is -0.504 e. The van der Waals surface area contributed by atoms with Crippen LogP contribution in [0.2, 0.25) is 0 Å². The molecule has 0 amide bonds. The summed E-state index contributed by atoms with van der Waals surface area (Å²) in [5.41, 5.74) is -4.31. The fourth-order valence-corrected chi connectivity index (χ4v) is 4.82. The van der Waals surface area contributed by atoms with Crippen LogP contribution in [0.3, 0.4) is 0 Å². The maximum Gasteiger partial charge on any atom is 0.338 e. The number of carbonyl (C=O) groups excluding carboxylic acids is 3. The Morgan fingerprint density at radius 3 is 1.27 bits per heavy atom. The normalized spacial score (nSPS) is 20.3. The summed E-state index contributed by atoms with van der Waals surface area (Å²) in [5.74, 6) is -12.6. The highest BCUT2D eigenvalue weighted by Gasteiger charge is 2.55. The highest BCUT2D eigenvalue weighted by Crippen LogP contribution is 2.41. The molecule has 0 aliphatic heterocycles. The van der Waals surface area contributed by atoms with Gasteiger partial charge in [0.1, 0.15) is 12.2 Å². The second-order valence-corrected chi connectivity index (χ2v) is 10.5. The van der Waals surface area contributed by atoms with Gasteiger partial charge < -0.3 is 69.6 Å². The number of esters is 3. The van der Waals surface area contributed by atoms with Gasteiger partial charge in [0.25, 0.3) is 0 Å². The van der Waals surface area contributed by atoms with Crippen molar-refractivity contribution in [3.63, 3.8) is 0 Å². The number of hydrogen-bond acceptors (Lipinski definition) is 17. The van der Waals surface area contributed by atoms with E-state index >= 15 is 0 Å². The molecule has 0 radical (unpaired) electrons. The maximum atomic E-state index is 13.2. The first-order chi connectivity index (χ1) is 22.5. The van der Waals surface area contributed by atoms with Crippen molar-refractivity contribution in [1.82, 2.24) is 0 Å². The number of phenols is 7. The molecular formula is C30H28O18. The van der Waals surface area contributed by atoms with Gasteiger partial charge in [-0.3, -0.25) is 0 Å². The summed E-state index contributed by atoms with van der Waals surface area (Å²) in [6.07, 6.45) is -7.78. The molecular weight excluding hydrogens is 648 g/mol. The van der Waals surface area contributed by atoms with Crippen molar-refractivity contribution in [2.75, 3.05) is 14.2 Å². The lowest BCUT2D eigenvalue weighted by atomic mass is 9.79. The average molecular weight is 677 g/mol. The molecule has 3 aromatic carbocycles. The van der Waals surface area contributed by atoms with E-state index in [0.29, 0.717) is 12.1 Å². The molecule has 1 aliphatic carbocycles. The third-order valence-electron chi connectivity index (χ3n) is 7.29. The summed E-state index contributed by atoms with van der Waals surface area (Å²) < 4.78 is 26.1. The van der Waals surface area contributed by atoms with E-state index in [1.807, 2.05) is 0 Å². The Balaban J connectivity index is 1.78. The van der Waals surface area contributed by atoms with Crippen LogP contribution < -0.4 is 9.47 Å². The number of methoxy groups -OCH3 is 2. The summed E-state index contributed by atoms with van der Waals surface area (Å²) in [5, 5.41) is 90.2. The van der Waals surface area contributed by atoms with E-state index in [9.17, 15) is 65.1 Å². The molecule has 1 aliphatic rings. The Kier molecular flexibility index (Phi) is 9.51. The smallest absolute Gasteiger partial charge is 0.338 e. The van der Waals surface area contributed by atoms with Gasteiger partial charge in [0.05, 0.1) is 30.9 Å². The summed E-state index contributed by atoms with van der Waals surface area (Å²) in [6.45, 7) is 0. The predicted octanol–water partition coefficient (Wildman–Crippen LogP) is 1.23. The number of hydrogen-bond donors (Lipinski definition) is 9. The molecule has 256 valence electrons. The Hall–Kier alpha value is -6.30. The van der Waals surface area contributed by atoms with Crippen molar-refractivity contribution in [2.45, 2.75) is 36.8 Å². The van der Waals surface area contributed by atoms with Crippen molar-refractivity contribution in [1.29, 1.82) is 0 Å². The fourth-order valence-electron chi connectivity index (χ4n) is 4.82. The van der Waals surface area contributed by atoms with Gasteiger partial charge in [-0.2, -0.15) is 0 Å². The zero-order valence-electron chi connectivity index (χ0n) is 24.8. The number of aromatic hydroxyl groups is 7. The quantitative estimate of drug-likeness (QED) is 0.0874. The van der Waals surface area contributed by atoms with E-state index in [1.54, 1.807) is 0 Å². The van der Waals surface area contributed by atoms with Crippen molar-refractivity contribution in [3.8, 4) is 51.7 Å². The number of carbonyl (C=O) groups is 4. The average Bonchev–Trinajstić information content (AvgIpc) is 3.03. The molecule has 48 heavy (non-hydrogen) atoms. The number of phenolic OH excluding ortho intramolecular Hbond substituents is 7. The van der Waals surface area contributed by atoms with Crippen LogP contribution in [0.5, 0.6) is 51.7 Å². The molecule has 0 heterocycles. The maximum absolute atomic E-state index is 13.2. The summed E-state index contributed by atoms with van der Waals surface area (Å²) >= 11 is 0. The monoisotopic (exact) mass is 676 g/mol. The Bertz CT molecular complexity index is 1680. The first-order valence-electron chi connectivity index (χ1n) is 13.5. The summed E-state index contributed by atoms with van der Waals surface area (Å²) in [4.78, 5) is 51.9. The highest BCUT2D eigenvalue weighted by atomic mass is 16.6. The van der Waals surface area contributed by atoms with Gasteiger partial charge in [0.15, 0.2) is 52.0 Å². The van der Waals surface area contributed by atoms with E-state index < -0.39 is 118 Å². The second-order valence-electron chi connectivity index (χ2n) is 10.5. The van der Waals surface area contributed by atoms with Gasteiger partial charge in [-0.05, 0) is 36.4 Å². The van der Waals surface area contributed by atoms with Crippen LogP contribution in [-0.4, -0.2) is 108 Å². The van der Waals surface area contributed by atoms with Crippen LogP contribution in [-0.2, 0) is 19.0 Å². The number of carboxylic acid groups (broad SMARTS) is 1. The second kappa shape index (κ2) is 13.2. The van der Waals surface area contributed by atoms with Gasteiger partial charge in [-0.1, -0.05) is 0 Å². The van der Waals surface area contributed by atoms with E-state index in [4.69, 9.17) is 23.7 Å². The lowest BCUT2D eigenvalue weighted by Gasteiger charge is -2.42. The van der Waals surface area contributed by atoms with Crippen molar-refractivity contribution < 1.29 is 88.8 Å². The van der Waals surface area contributed by atoms with Crippen LogP contribution in [0, 0.1) is 0 Å². The van der Waals surface area contributed by atoms with E-state index in [1.165, 1.54) is 0 Å². The number of ether oxygens (including phenoxy) is 5. The van der Waals surface area contributed by atoms with Gasteiger partial charge >= 0.3 is 23.9 Å². The fraction of sp³-hybridized carbons (Fsp3) is 0.267. The number of aliphatic hydroxyl groups is 1. The van der Waals surface area contributed by atoms with Crippen LogP contribution in [0.15, 0.2) is 36.4 Å². The van der Waals surface area contributed by atoms with Crippen molar-refractivity contribution in [2.24, 2.45) is 0 Å². The third-order valence-corrected chi connectivity index (χ3v) is 7.29. The molecule has 9 N–H and O–H groups in total. The molecule has 2 atom stereocenters. The number of rotatable bonds is 9. The van der Waals surface area contributed by atoms with Gasteiger partial charge in [-0.25, -0.2) is 19.2 Å². The summed E-state index contributed by atoms with van der Waals surface area (Å²) in [7, 11) is 2.21. The lowest BCUT2D eigenvalue weighted by Crippen LogP contribution is -2.59. The number of carboxylic acids is 1. The molecule has 1 fully saturated rings. The first-order valence-corrected chi connectivity index (χ1v) is 13.5. The van der Waals surface area contributed by atoms with Gasteiger partial charge in [0, 0.05) is 12.8 Å². The minimum atomic E-state index is -2.79. The SMILES string of the molecule is COc1cc(C(=O)O[C@@H]2CC(O)(C(=O)O)C[C@@H](OC(=O)c3cc(O)c(O)c(OC)c3)C2OC(=O)c2cc(O)c(O)c(O)c2)cc(O)c1O. The predicted molar refractivity (Wildman–Crippen MR) is 154 cm³/mol. The first kappa shape index (κ1) is 34.6. The number of benzene rings is 3. The Labute approximate surface area is 268 Å². The van der Waals surface area contributed by atoms with E-state index in [-0.39, 0.29) is 11.5 Å². The Morgan fingerprint density at radius 1 is 0.583 bits per heavy atom. The molecule has 4 rings (SSSR count). The molecule has 18 nitrogen and oxygen atoms in total. The van der Waals surface area contributed by atoms with Crippen molar-refractivity contribution in [3.05, 3.63) is 53.1 Å². The molecule has 0 spiro atoms. The zero-order valence-corrected chi connectivity index (χ0v) is 24.8. The topological polar surface area (TPSA) is 296 Å². The molecule has 3 aromatic rings. The van der Waals surface area contributed by atoms with E-state index in [2.05, 4.69) is 0 Å². The van der Waals surface area contributed by atoms with Gasteiger partial charge in [-0.15, -0.1) is 0 Å². The van der Waals surface area contributed by atoms with Crippen LogP contribution in [0.4, 0.5) is 0 Å². The number of aliphatic carboxylic acids is 1. The molecule has 18 heteroatoms. The van der Waals surface area contributed by atoms with Gasteiger partial charge in [0.2, 0.25) is 11.5 Å². The molecule has 0 unspecified atom stereocenters. The van der Waals surface area contributed by atoms with E-state index in [0.717, 1.165) is 38.5 Å². The highest BCUT2D eigenvalue weighted by molar-refractivity contribution is 5.93. The lowest BCUT2D eigenvalue weighted by molar-refractivity contribution is -0.188. The Morgan fingerprint density at radius 2 is 0.917 bits per heavy atom. The molecule has 0 aromatic heterocycles. The van der Waals surface area contributed by atoms with Crippen molar-refractivity contribution >= 4 is 23.9 Å². The summed E-state index contributed by atoms with van der Waals surface area (Å²) in [6, 6.07) is 4.78. The zero-order chi connectivity index (χ0) is 35.7. The van der Waals surface area contributed by atoms with Crippen LogP contribution >= 0.6 is 0 Å².